The summed E-state index contributed by atoms with van der Waals surface area (Å²) in [6.45, 7) is 2.09. The predicted octanol–water partition coefficient (Wildman–Crippen LogP) is 0.787. The van der Waals surface area contributed by atoms with Gasteiger partial charge in [-0.15, -0.1) is 0 Å². The third-order valence-electron chi connectivity index (χ3n) is 2.43. The van der Waals surface area contributed by atoms with Crippen molar-refractivity contribution in [1.29, 1.82) is 0 Å². The van der Waals surface area contributed by atoms with E-state index < -0.39 is 6.04 Å². The lowest BCUT2D eigenvalue weighted by Gasteiger charge is -2.12. The minimum atomic E-state index is -0.515. The quantitative estimate of drug-likeness (QED) is 0.711. The van der Waals surface area contributed by atoms with Gasteiger partial charge in [0.2, 0.25) is 0 Å². The maximum absolute atomic E-state index is 11.0. The summed E-state index contributed by atoms with van der Waals surface area (Å²) >= 11 is 1.65. The van der Waals surface area contributed by atoms with Crippen molar-refractivity contribution >= 4 is 17.7 Å². The first kappa shape index (κ1) is 12.8. The van der Waals surface area contributed by atoms with Crippen molar-refractivity contribution in [2.45, 2.75) is 38.0 Å². The van der Waals surface area contributed by atoms with Crippen LogP contribution < -0.4 is 5.73 Å². The van der Waals surface area contributed by atoms with Crippen LogP contribution >= 0.6 is 11.8 Å². The number of carbonyl (C=O) groups is 1. The van der Waals surface area contributed by atoms with E-state index in [1.54, 1.807) is 11.8 Å². The summed E-state index contributed by atoms with van der Waals surface area (Å²) in [5, 5.41) is 0. The van der Waals surface area contributed by atoms with Crippen LogP contribution in [0.15, 0.2) is 0 Å². The van der Waals surface area contributed by atoms with Gasteiger partial charge in [-0.2, -0.15) is 11.8 Å². The SMILES string of the molecule is COC(=O)C(N)CSCC1CCC(C)O1. The molecule has 1 saturated heterocycles. The Morgan fingerprint density at radius 1 is 1.67 bits per heavy atom. The monoisotopic (exact) mass is 233 g/mol. The van der Waals surface area contributed by atoms with Crippen LogP contribution in [0.1, 0.15) is 19.8 Å². The molecule has 4 nitrogen and oxygen atoms in total. The normalized spacial score (nSPS) is 27.7. The molecule has 0 aliphatic carbocycles. The minimum Gasteiger partial charge on any atom is -0.468 e. The molecule has 1 aliphatic heterocycles. The zero-order valence-electron chi connectivity index (χ0n) is 9.27. The Bertz CT molecular complexity index is 213. The molecule has 0 bridgehead atoms. The van der Waals surface area contributed by atoms with Crippen molar-refractivity contribution < 1.29 is 14.3 Å². The summed E-state index contributed by atoms with van der Waals surface area (Å²) in [7, 11) is 1.36. The Labute approximate surface area is 94.9 Å². The molecule has 88 valence electrons. The van der Waals surface area contributed by atoms with Crippen molar-refractivity contribution in [3.63, 3.8) is 0 Å². The molecule has 0 aromatic rings. The summed E-state index contributed by atoms with van der Waals surface area (Å²) in [6, 6.07) is -0.515. The van der Waals surface area contributed by atoms with E-state index in [0.29, 0.717) is 18.0 Å². The lowest BCUT2D eigenvalue weighted by Crippen LogP contribution is -2.34. The van der Waals surface area contributed by atoms with E-state index in [4.69, 9.17) is 10.5 Å². The van der Waals surface area contributed by atoms with Crippen LogP contribution in [0.25, 0.3) is 0 Å². The molecule has 1 fully saturated rings. The summed E-state index contributed by atoms with van der Waals surface area (Å²) in [6.07, 6.45) is 2.95. The number of esters is 1. The number of carbonyl (C=O) groups excluding carboxylic acids is 1. The first-order chi connectivity index (χ1) is 7.13. The minimum absolute atomic E-state index is 0.329. The van der Waals surface area contributed by atoms with Crippen LogP contribution in [0.4, 0.5) is 0 Å². The molecule has 0 saturated carbocycles. The zero-order chi connectivity index (χ0) is 11.3. The van der Waals surface area contributed by atoms with Crippen LogP contribution in [0.5, 0.6) is 0 Å². The second kappa shape index (κ2) is 6.35. The molecular formula is C10H19NO3S. The van der Waals surface area contributed by atoms with Crippen molar-refractivity contribution in [3.8, 4) is 0 Å². The molecule has 0 amide bonds. The van der Waals surface area contributed by atoms with Gasteiger partial charge in [-0.3, -0.25) is 4.79 Å². The Balaban J connectivity index is 2.08. The zero-order valence-corrected chi connectivity index (χ0v) is 10.1. The molecule has 1 aliphatic rings. The second-order valence-electron chi connectivity index (χ2n) is 3.81. The van der Waals surface area contributed by atoms with Gasteiger partial charge in [-0.05, 0) is 19.8 Å². The molecule has 2 N–H and O–H groups in total. The summed E-state index contributed by atoms with van der Waals surface area (Å²) in [4.78, 5) is 11.0. The van der Waals surface area contributed by atoms with E-state index in [0.717, 1.165) is 18.6 Å². The number of nitrogens with two attached hydrogens (primary N) is 1. The van der Waals surface area contributed by atoms with Crippen molar-refractivity contribution in [2.75, 3.05) is 18.6 Å². The predicted molar refractivity (Wildman–Crippen MR) is 60.9 cm³/mol. The number of hydrogen-bond donors (Lipinski definition) is 1. The van der Waals surface area contributed by atoms with Gasteiger partial charge in [-0.1, -0.05) is 0 Å². The van der Waals surface area contributed by atoms with Gasteiger partial charge >= 0.3 is 5.97 Å². The highest BCUT2D eigenvalue weighted by Gasteiger charge is 2.22. The standard InChI is InChI=1S/C10H19NO3S/c1-7-3-4-8(14-7)5-15-6-9(11)10(12)13-2/h7-9H,3-6,11H2,1-2H3. The summed E-state index contributed by atoms with van der Waals surface area (Å²) in [5.41, 5.74) is 5.60. The largest absolute Gasteiger partial charge is 0.468 e. The highest BCUT2D eigenvalue weighted by Crippen LogP contribution is 2.22. The van der Waals surface area contributed by atoms with Gasteiger partial charge in [0.1, 0.15) is 6.04 Å². The fourth-order valence-corrected chi connectivity index (χ4v) is 2.59. The highest BCUT2D eigenvalue weighted by atomic mass is 32.2. The third-order valence-corrected chi connectivity index (χ3v) is 3.63. The molecule has 3 unspecified atom stereocenters. The number of rotatable bonds is 5. The smallest absolute Gasteiger partial charge is 0.323 e. The molecule has 1 heterocycles. The van der Waals surface area contributed by atoms with Gasteiger partial charge in [-0.25, -0.2) is 0 Å². The topological polar surface area (TPSA) is 61.5 Å². The maximum Gasteiger partial charge on any atom is 0.323 e. The molecule has 0 aromatic heterocycles. The van der Waals surface area contributed by atoms with Crippen molar-refractivity contribution in [2.24, 2.45) is 5.73 Å². The average molecular weight is 233 g/mol. The molecule has 15 heavy (non-hydrogen) atoms. The van der Waals surface area contributed by atoms with Gasteiger partial charge in [0.15, 0.2) is 0 Å². The van der Waals surface area contributed by atoms with E-state index in [1.165, 1.54) is 7.11 Å². The van der Waals surface area contributed by atoms with Gasteiger partial charge in [0.25, 0.3) is 0 Å². The third kappa shape index (κ3) is 4.40. The Kier molecular flexibility index (Phi) is 5.42. The van der Waals surface area contributed by atoms with Gasteiger partial charge in [0.05, 0.1) is 19.3 Å². The molecule has 0 radical (unpaired) electrons. The van der Waals surface area contributed by atoms with E-state index >= 15 is 0 Å². The average Bonchev–Trinajstić information content (AvgIpc) is 2.63. The number of thioether (sulfide) groups is 1. The fraction of sp³-hybridized carbons (Fsp3) is 0.900. The molecule has 0 aromatic carbocycles. The summed E-state index contributed by atoms with van der Waals surface area (Å²) < 4.78 is 10.2. The van der Waals surface area contributed by atoms with E-state index in [9.17, 15) is 4.79 Å². The van der Waals surface area contributed by atoms with Crippen LogP contribution in [0.3, 0.4) is 0 Å². The molecule has 3 atom stereocenters. The first-order valence-corrected chi connectivity index (χ1v) is 6.35. The van der Waals surface area contributed by atoms with Crippen LogP contribution in [-0.2, 0) is 14.3 Å². The summed E-state index contributed by atoms with van der Waals surface area (Å²) in [5.74, 6) is 1.17. The van der Waals surface area contributed by atoms with Crippen molar-refractivity contribution in [1.82, 2.24) is 0 Å². The number of methoxy groups -OCH3 is 1. The Hall–Kier alpha value is -0.260. The molecule has 0 spiro atoms. The van der Waals surface area contributed by atoms with Gasteiger partial charge in [0, 0.05) is 11.5 Å². The fourth-order valence-electron chi connectivity index (χ4n) is 1.55. The van der Waals surface area contributed by atoms with Crippen LogP contribution in [-0.4, -0.2) is 42.8 Å². The highest BCUT2D eigenvalue weighted by molar-refractivity contribution is 7.99. The molecule has 5 heteroatoms. The van der Waals surface area contributed by atoms with E-state index in [2.05, 4.69) is 11.7 Å². The maximum atomic E-state index is 11.0. The second-order valence-corrected chi connectivity index (χ2v) is 4.89. The lowest BCUT2D eigenvalue weighted by atomic mass is 10.2. The van der Waals surface area contributed by atoms with Crippen LogP contribution in [0.2, 0.25) is 0 Å². The molecule has 1 rings (SSSR count). The molecular weight excluding hydrogens is 214 g/mol. The number of hydrogen-bond acceptors (Lipinski definition) is 5. The van der Waals surface area contributed by atoms with Crippen molar-refractivity contribution in [3.05, 3.63) is 0 Å². The van der Waals surface area contributed by atoms with E-state index in [-0.39, 0.29) is 5.97 Å². The van der Waals surface area contributed by atoms with Gasteiger partial charge < -0.3 is 15.2 Å². The first-order valence-electron chi connectivity index (χ1n) is 5.20. The Morgan fingerprint density at radius 3 is 2.93 bits per heavy atom. The van der Waals surface area contributed by atoms with Crippen LogP contribution in [0, 0.1) is 0 Å². The lowest BCUT2D eigenvalue weighted by molar-refractivity contribution is -0.141. The van der Waals surface area contributed by atoms with E-state index in [1.807, 2.05) is 0 Å². The Morgan fingerprint density at radius 2 is 2.40 bits per heavy atom. The number of ether oxygens (including phenoxy) is 2.